The first kappa shape index (κ1) is 15.7. The third kappa shape index (κ3) is 4.41. The molecule has 1 fully saturated rings. The minimum absolute atomic E-state index is 0.0153. The van der Waals surface area contributed by atoms with E-state index in [0.717, 1.165) is 26.2 Å². The van der Waals surface area contributed by atoms with Crippen LogP contribution in [0.2, 0.25) is 0 Å². The highest BCUT2D eigenvalue weighted by Gasteiger charge is 2.21. The molecule has 0 saturated carbocycles. The summed E-state index contributed by atoms with van der Waals surface area (Å²) in [5.41, 5.74) is 1.92. The molecule has 1 amide bonds. The van der Waals surface area contributed by atoms with Gasteiger partial charge in [0.25, 0.3) is 5.91 Å². The van der Waals surface area contributed by atoms with Gasteiger partial charge in [-0.3, -0.25) is 9.69 Å². The fourth-order valence-corrected chi connectivity index (χ4v) is 2.79. The Kier molecular flexibility index (Phi) is 5.40. The van der Waals surface area contributed by atoms with Crippen LogP contribution in [0.5, 0.6) is 0 Å². The molecular formula is C19H22N2O2. The van der Waals surface area contributed by atoms with Crippen LogP contribution in [0.15, 0.2) is 60.7 Å². The van der Waals surface area contributed by atoms with Crippen molar-refractivity contribution < 1.29 is 9.53 Å². The monoisotopic (exact) mass is 310 g/mol. The van der Waals surface area contributed by atoms with Gasteiger partial charge in [-0.15, -0.1) is 0 Å². The molecule has 1 saturated heterocycles. The van der Waals surface area contributed by atoms with Gasteiger partial charge in [0.2, 0.25) is 0 Å². The van der Waals surface area contributed by atoms with Crippen molar-refractivity contribution in [3.63, 3.8) is 0 Å². The molecule has 0 aromatic heterocycles. The molecule has 0 radical (unpaired) electrons. The third-order valence-corrected chi connectivity index (χ3v) is 4.07. The fourth-order valence-electron chi connectivity index (χ4n) is 2.79. The molecule has 0 bridgehead atoms. The number of amides is 1. The Morgan fingerprint density at radius 3 is 2.52 bits per heavy atom. The Bertz CT molecular complexity index is 616. The summed E-state index contributed by atoms with van der Waals surface area (Å²) in [6.07, 6.45) is 0.120. The molecule has 3 rings (SSSR count). The number of carbonyl (C=O) groups is 1. The SMILES string of the molecule is O=C(NCCN1CCOC(c2ccccc2)C1)c1ccccc1. The van der Waals surface area contributed by atoms with Gasteiger partial charge in [0.1, 0.15) is 0 Å². The molecule has 0 spiro atoms. The highest BCUT2D eigenvalue weighted by molar-refractivity contribution is 5.94. The van der Waals surface area contributed by atoms with Crippen molar-refractivity contribution in [2.75, 3.05) is 32.8 Å². The predicted octanol–water partition coefficient (Wildman–Crippen LogP) is 2.49. The van der Waals surface area contributed by atoms with Crippen molar-refractivity contribution in [3.8, 4) is 0 Å². The smallest absolute Gasteiger partial charge is 0.251 e. The van der Waals surface area contributed by atoms with Gasteiger partial charge in [0, 0.05) is 31.7 Å². The maximum absolute atomic E-state index is 12.0. The third-order valence-electron chi connectivity index (χ3n) is 4.07. The van der Waals surface area contributed by atoms with Crippen molar-refractivity contribution in [1.82, 2.24) is 10.2 Å². The summed E-state index contributed by atoms with van der Waals surface area (Å²) in [7, 11) is 0. The maximum atomic E-state index is 12.0. The average Bonchev–Trinajstić information content (AvgIpc) is 2.63. The number of morpholine rings is 1. The van der Waals surface area contributed by atoms with E-state index in [2.05, 4.69) is 22.3 Å². The normalized spacial score (nSPS) is 18.5. The topological polar surface area (TPSA) is 41.6 Å². The molecule has 1 aliphatic heterocycles. The van der Waals surface area contributed by atoms with E-state index in [4.69, 9.17) is 4.74 Å². The van der Waals surface area contributed by atoms with E-state index in [-0.39, 0.29) is 12.0 Å². The van der Waals surface area contributed by atoms with Gasteiger partial charge in [-0.05, 0) is 17.7 Å². The van der Waals surface area contributed by atoms with E-state index < -0.39 is 0 Å². The summed E-state index contributed by atoms with van der Waals surface area (Å²) in [6, 6.07) is 19.6. The molecule has 4 nitrogen and oxygen atoms in total. The summed E-state index contributed by atoms with van der Waals surface area (Å²) in [5.74, 6) is -0.0153. The largest absolute Gasteiger partial charge is 0.371 e. The molecule has 120 valence electrons. The Morgan fingerprint density at radius 2 is 1.78 bits per heavy atom. The van der Waals surface area contributed by atoms with Crippen LogP contribution in [0.3, 0.4) is 0 Å². The van der Waals surface area contributed by atoms with Crippen LogP contribution in [0.4, 0.5) is 0 Å². The van der Waals surface area contributed by atoms with Crippen LogP contribution in [0.1, 0.15) is 22.0 Å². The number of rotatable bonds is 5. The van der Waals surface area contributed by atoms with Gasteiger partial charge in [0.05, 0.1) is 12.7 Å². The van der Waals surface area contributed by atoms with E-state index in [9.17, 15) is 4.79 Å². The molecule has 4 heteroatoms. The standard InChI is InChI=1S/C19H22N2O2/c22-19(17-9-5-2-6-10-17)20-11-12-21-13-14-23-18(15-21)16-7-3-1-4-8-16/h1-10,18H,11-15H2,(H,20,22). The molecule has 2 aromatic carbocycles. The second-order valence-corrected chi connectivity index (χ2v) is 5.69. The number of nitrogens with zero attached hydrogens (tertiary/aromatic N) is 1. The first-order chi connectivity index (χ1) is 11.3. The first-order valence-corrected chi connectivity index (χ1v) is 8.05. The van der Waals surface area contributed by atoms with E-state index in [1.54, 1.807) is 0 Å². The molecule has 1 unspecified atom stereocenters. The minimum atomic E-state index is -0.0153. The van der Waals surface area contributed by atoms with E-state index in [1.807, 2.05) is 48.5 Å². The highest BCUT2D eigenvalue weighted by atomic mass is 16.5. The quantitative estimate of drug-likeness (QED) is 0.922. The van der Waals surface area contributed by atoms with E-state index in [1.165, 1.54) is 5.56 Å². The summed E-state index contributed by atoms with van der Waals surface area (Å²) < 4.78 is 5.86. The van der Waals surface area contributed by atoms with Gasteiger partial charge in [-0.25, -0.2) is 0 Å². The van der Waals surface area contributed by atoms with Crippen molar-refractivity contribution in [3.05, 3.63) is 71.8 Å². The van der Waals surface area contributed by atoms with Crippen molar-refractivity contribution >= 4 is 5.91 Å². The first-order valence-electron chi connectivity index (χ1n) is 8.05. The number of nitrogens with one attached hydrogen (secondary N) is 1. The molecule has 23 heavy (non-hydrogen) atoms. The molecule has 2 aromatic rings. The minimum Gasteiger partial charge on any atom is -0.371 e. The zero-order chi connectivity index (χ0) is 15.9. The lowest BCUT2D eigenvalue weighted by Gasteiger charge is -2.33. The number of carbonyl (C=O) groups excluding carboxylic acids is 1. The fraction of sp³-hybridized carbons (Fsp3) is 0.316. The van der Waals surface area contributed by atoms with Crippen LogP contribution in [-0.4, -0.2) is 43.6 Å². The summed E-state index contributed by atoms with van der Waals surface area (Å²) in [5, 5.41) is 2.98. The number of ether oxygens (including phenoxy) is 1. The Hall–Kier alpha value is -2.17. The summed E-state index contributed by atoms with van der Waals surface area (Å²) in [6.45, 7) is 3.99. The average molecular weight is 310 g/mol. The number of hydrogen-bond donors (Lipinski definition) is 1. The second-order valence-electron chi connectivity index (χ2n) is 5.69. The summed E-state index contributed by atoms with van der Waals surface area (Å²) in [4.78, 5) is 14.4. The van der Waals surface area contributed by atoms with Crippen molar-refractivity contribution in [2.45, 2.75) is 6.10 Å². The van der Waals surface area contributed by atoms with Crippen LogP contribution in [0.25, 0.3) is 0 Å². The zero-order valence-electron chi connectivity index (χ0n) is 13.2. The number of benzene rings is 2. The molecule has 1 aliphatic rings. The summed E-state index contributed by atoms with van der Waals surface area (Å²) >= 11 is 0. The molecule has 0 aliphatic carbocycles. The van der Waals surface area contributed by atoms with Gasteiger partial charge in [-0.1, -0.05) is 48.5 Å². The van der Waals surface area contributed by atoms with Crippen molar-refractivity contribution in [1.29, 1.82) is 0 Å². The lowest BCUT2D eigenvalue weighted by molar-refractivity contribution is -0.0293. The van der Waals surface area contributed by atoms with Crippen LogP contribution in [-0.2, 0) is 4.74 Å². The van der Waals surface area contributed by atoms with Gasteiger partial charge in [0.15, 0.2) is 0 Å². The molecule has 1 heterocycles. The van der Waals surface area contributed by atoms with Crippen molar-refractivity contribution in [2.24, 2.45) is 0 Å². The second kappa shape index (κ2) is 7.90. The van der Waals surface area contributed by atoms with Gasteiger partial charge >= 0.3 is 0 Å². The zero-order valence-corrected chi connectivity index (χ0v) is 13.2. The Balaban J connectivity index is 1.46. The Morgan fingerprint density at radius 1 is 1.09 bits per heavy atom. The van der Waals surface area contributed by atoms with E-state index in [0.29, 0.717) is 12.1 Å². The van der Waals surface area contributed by atoms with E-state index >= 15 is 0 Å². The number of hydrogen-bond acceptors (Lipinski definition) is 3. The predicted molar refractivity (Wildman–Crippen MR) is 90.4 cm³/mol. The Labute approximate surface area is 137 Å². The van der Waals surface area contributed by atoms with Crippen LogP contribution in [0, 0.1) is 0 Å². The lowest BCUT2D eigenvalue weighted by atomic mass is 10.1. The van der Waals surface area contributed by atoms with Crippen LogP contribution < -0.4 is 5.32 Å². The molecule has 1 N–H and O–H groups in total. The van der Waals surface area contributed by atoms with Crippen LogP contribution >= 0.6 is 0 Å². The molecule has 1 atom stereocenters. The highest BCUT2D eigenvalue weighted by Crippen LogP contribution is 2.21. The van der Waals surface area contributed by atoms with Gasteiger partial charge < -0.3 is 10.1 Å². The lowest BCUT2D eigenvalue weighted by Crippen LogP contribution is -2.42. The molecular weight excluding hydrogens is 288 g/mol. The van der Waals surface area contributed by atoms with Gasteiger partial charge in [-0.2, -0.15) is 0 Å². The maximum Gasteiger partial charge on any atom is 0.251 e.